The molecule has 4 rings (SSSR count). The maximum Gasteiger partial charge on any atom is 0.126 e. The van der Waals surface area contributed by atoms with Gasteiger partial charge in [-0.1, -0.05) is 30.3 Å². The Morgan fingerprint density at radius 3 is 2.84 bits per heavy atom. The average Bonchev–Trinajstić information content (AvgIpc) is 2.69. The summed E-state index contributed by atoms with van der Waals surface area (Å²) in [5, 5.41) is 2.39. The van der Waals surface area contributed by atoms with Crippen molar-refractivity contribution in [3.05, 3.63) is 66.2 Å². The van der Waals surface area contributed by atoms with Gasteiger partial charge in [0.05, 0.1) is 25.6 Å². The molecule has 0 radical (unpaired) electrons. The maximum atomic E-state index is 5.89. The molecular weight excluding hydrogens is 314 g/mol. The number of nitrogens with zero attached hydrogens (tertiary/aromatic N) is 3. The van der Waals surface area contributed by atoms with Crippen LogP contribution in [0.5, 0.6) is 5.75 Å². The SMILES string of the molecule is COc1ccc(CN2CCO[C@@H](c3cnccn3)C2)c2ccccc12. The van der Waals surface area contributed by atoms with Crippen molar-refractivity contribution in [1.82, 2.24) is 14.9 Å². The van der Waals surface area contributed by atoms with Crippen LogP contribution in [-0.4, -0.2) is 41.7 Å². The number of rotatable bonds is 4. The first kappa shape index (κ1) is 16.0. The van der Waals surface area contributed by atoms with E-state index in [9.17, 15) is 0 Å². The molecule has 0 unspecified atom stereocenters. The topological polar surface area (TPSA) is 47.5 Å². The number of hydrogen-bond acceptors (Lipinski definition) is 5. The van der Waals surface area contributed by atoms with E-state index in [2.05, 4.69) is 45.2 Å². The molecule has 1 fully saturated rings. The van der Waals surface area contributed by atoms with Crippen LogP contribution in [0.25, 0.3) is 10.8 Å². The summed E-state index contributed by atoms with van der Waals surface area (Å²) in [4.78, 5) is 11.0. The molecule has 0 aliphatic carbocycles. The summed E-state index contributed by atoms with van der Waals surface area (Å²) in [7, 11) is 1.72. The van der Waals surface area contributed by atoms with Crippen molar-refractivity contribution in [2.24, 2.45) is 0 Å². The number of benzene rings is 2. The molecule has 0 bridgehead atoms. The summed E-state index contributed by atoms with van der Waals surface area (Å²) >= 11 is 0. The molecule has 128 valence electrons. The van der Waals surface area contributed by atoms with Crippen molar-refractivity contribution in [3.8, 4) is 5.75 Å². The highest BCUT2D eigenvalue weighted by molar-refractivity contribution is 5.91. The van der Waals surface area contributed by atoms with Gasteiger partial charge in [-0.15, -0.1) is 0 Å². The molecule has 0 spiro atoms. The Bertz CT molecular complexity index is 854. The lowest BCUT2D eigenvalue weighted by Crippen LogP contribution is -2.38. The highest BCUT2D eigenvalue weighted by atomic mass is 16.5. The number of morpholine rings is 1. The molecule has 1 saturated heterocycles. The second kappa shape index (κ2) is 7.17. The van der Waals surface area contributed by atoms with Crippen LogP contribution >= 0.6 is 0 Å². The summed E-state index contributed by atoms with van der Waals surface area (Å²) in [6, 6.07) is 12.6. The molecule has 2 heterocycles. The van der Waals surface area contributed by atoms with Gasteiger partial charge in [0.2, 0.25) is 0 Å². The lowest BCUT2D eigenvalue weighted by Gasteiger charge is -2.32. The van der Waals surface area contributed by atoms with Crippen molar-refractivity contribution in [2.75, 3.05) is 26.8 Å². The third-order valence-corrected chi connectivity index (χ3v) is 4.65. The summed E-state index contributed by atoms with van der Waals surface area (Å²) in [5.41, 5.74) is 2.20. The van der Waals surface area contributed by atoms with Crippen LogP contribution in [0.1, 0.15) is 17.4 Å². The van der Waals surface area contributed by atoms with Crippen LogP contribution in [0.3, 0.4) is 0 Å². The summed E-state index contributed by atoms with van der Waals surface area (Å²) in [6.07, 6.45) is 5.17. The minimum Gasteiger partial charge on any atom is -0.496 e. The zero-order valence-electron chi connectivity index (χ0n) is 14.3. The fourth-order valence-electron chi connectivity index (χ4n) is 3.39. The number of methoxy groups -OCH3 is 1. The number of aromatic nitrogens is 2. The van der Waals surface area contributed by atoms with E-state index in [4.69, 9.17) is 9.47 Å². The van der Waals surface area contributed by atoms with Gasteiger partial charge in [-0.3, -0.25) is 14.9 Å². The first-order valence-corrected chi connectivity index (χ1v) is 8.49. The van der Waals surface area contributed by atoms with E-state index in [-0.39, 0.29) is 6.10 Å². The van der Waals surface area contributed by atoms with E-state index in [1.54, 1.807) is 25.7 Å². The molecule has 2 aromatic carbocycles. The lowest BCUT2D eigenvalue weighted by atomic mass is 10.0. The van der Waals surface area contributed by atoms with Crippen molar-refractivity contribution in [1.29, 1.82) is 0 Å². The smallest absolute Gasteiger partial charge is 0.126 e. The van der Waals surface area contributed by atoms with Crippen molar-refractivity contribution in [2.45, 2.75) is 12.6 Å². The zero-order valence-corrected chi connectivity index (χ0v) is 14.3. The van der Waals surface area contributed by atoms with Gasteiger partial charge in [-0.25, -0.2) is 0 Å². The molecule has 1 aliphatic rings. The molecule has 0 amide bonds. The zero-order chi connectivity index (χ0) is 17.1. The number of hydrogen-bond donors (Lipinski definition) is 0. The quantitative estimate of drug-likeness (QED) is 0.733. The Labute approximate surface area is 147 Å². The van der Waals surface area contributed by atoms with Crippen LogP contribution in [0.2, 0.25) is 0 Å². The van der Waals surface area contributed by atoms with E-state index in [1.807, 2.05) is 6.07 Å². The molecule has 1 atom stereocenters. The standard InChI is InChI=1S/C20H21N3O2/c1-24-19-7-6-15(16-4-2-3-5-17(16)19)13-23-10-11-25-20(14-23)18-12-21-8-9-22-18/h2-9,12,20H,10-11,13-14H2,1H3/t20-/m1/s1. The van der Waals surface area contributed by atoms with Gasteiger partial charge in [-0.2, -0.15) is 0 Å². The van der Waals surface area contributed by atoms with Gasteiger partial charge in [0, 0.05) is 37.4 Å². The highest BCUT2D eigenvalue weighted by Crippen LogP contribution is 2.30. The second-order valence-electron chi connectivity index (χ2n) is 6.20. The van der Waals surface area contributed by atoms with Crippen LogP contribution < -0.4 is 4.74 Å². The van der Waals surface area contributed by atoms with Crippen LogP contribution in [0.4, 0.5) is 0 Å². The predicted octanol–water partition coefficient (Wildman–Crippen LogP) is 3.21. The highest BCUT2D eigenvalue weighted by Gasteiger charge is 2.23. The Hall–Kier alpha value is -2.50. The third-order valence-electron chi connectivity index (χ3n) is 4.65. The monoisotopic (exact) mass is 335 g/mol. The predicted molar refractivity (Wildman–Crippen MR) is 96.5 cm³/mol. The summed E-state index contributed by atoms with van der Waals surface area (Å²) < 4.78 is 11.4. The van der Waals surface area contributed by atoms with Crippen LogP contribution in [0, 0.1) is 0 Å². The van der Waals surface area contributed by atoms with Gasteiger partial charge in [0.25, 0.3) is 0 Å². The molecule has 1 aromatic heterocycles. The van der Waals surface area contributed by atoms with Crippen molar-refractivity contribution >= 4 is 10.8 Å². The molecular formula is C20H21N3O2. The van der Waals surface area contributed by atoms with Crippen LogP contribution in [-0.2, 0) is 11.3 Å². The molecule has 5 nitrogen and oxygen atoms in total. The Kier molecular flexibility index (Phi) is 4.59. The van der Waals surface area contributed by atoms with Gasteiger partial charge in [0.1, 0.15) is 11.9 Å². The van der Waals surface area contributed by atoms with E-state index < -0.39 is 0 Å². The minimum absolute atomic E-state index is 0.0213. The van der Waals surface area contributed by atoms with Gasteiger partial charge < -0.3 is 9.47 Å². The van der Waals surface area contributed by atoms with Crippen molar-refractivity contribution in [3.63, 3.8) is 0 Å². The second-order valence-corrected chi connectivity index (χ2v) is 6.20. The minimum atomic E-state index is -0.0213. The largest absolute Gasteiger partial charge is 0.496 e. The Morgan fingerprint density at radius 1 is 1.16 bits per heavy atom. The fraction of sp³-hybridized carbons (Fsp3) is 0.300. The van der Waals surface area contributed by atoms with Crippen molar-refractivity contribution < 1.29 is 9.47 Å². The molecule has 5 heteroatoms. The van der Waals surface area contributed by atoms with E-state index >= 15 is 0 Å². The third kappa shape index (κ3) is 3.34. The molecule has 0 saturated carbocycles. The maximum absolute atomic E-state index is 5.89. The summed E-state index contributed by atoms with van der Waals surface area (Å²) in [5.74, 6) is 0.916. The first-order chi connectivity index (χ1) is 12.3. The van der Waals surface area contributed by atoms with Gasteiger partial charge >= 0.3 is 0 Å². The average molecular weight is 335 g/mol. The molecule has 1 aliphatic heterocycles. The molecule has 3 aromatic rings. The number of fused-ring (bicyclic) bond motifs is 1. The van der Waals surface area contributed by atoms with E-state index in [1.165, 1.54) is 10.9 Å². The Balaban J connectivity index is 1.57. The number of ether oxygens (including phenoxy) is 2. The molecule has 0 N–H and O–H groups in total. The van der Waals surface area contributed by atoms with Gasteiger partial charge in [-0.05, 0) is 17.0 Å². The van der Waals surface area contributed by atoms with Crippen LogP contribution in [0.15, 0.2) is 55.0 Å². The lowest BCUT2D eigenvalue weighted by molar-refractivity contribution is -0.0350. The Morgan fingerprint density at radius 2 is 2.04 bits per heavy atom. The fourth-order valence-corrected chi connectivity index (χ4v) is 3.39. The van der Waals surface area contributed by atoms with E-state index in [0.717, 1.165) is 36.5 Å². The summed E-state index contributed by atoms with van der Waals surface area (Å²) in [6.45, 7) is 3.32. The van der Waals surface area contributed by atoms with Gasteiger partial charge in [0.15, 0.2) is 0 Å². The van der Waals surface area contributed by atoms with E-state index in [0.29, 0.717) is 6.61 Å². The first-order valence-electron chi connectivity index (χ1n) is 8.49. The normalized spacial score (nSPS) is 18.4. The molecule has 25 heavy (non-hydrogen) atoms.